The first kappa shape index (κ1) is 10.2. The molecular formula is C11H16N2O2. The molecule has 2 N–H and O–H groups in total. The summed E-state index contributed by atoms with van der Waals surface area (Å²) < 4.78 is 4.61. The molecule has 0 unspecified atom stereocenters. The van der Waals surface area contributed by atoms with Gasteiger partial charge in [-0.3, -0.25) is 0 Å². The molecule has 1 aromatic rings. The number of H-pyrrole nitrogens is 1. The molecule has 2 rings (SSSR count). The number of rotatable bonds is 5. The molecule has 0 spiro atoms. The van der Waals surface area contributed by atoms with Gasteiger partial charge < -0.3 is 15.0 Å². The Morgan fingerprint density at radius 3 is 3.13 bits per heavy atom. The van der Waals surface area contributed by atoms with Crippen LogP contribution in [0.4, 0.5) is 0 Å². The predicted octanol–water partition coefficient (Wildman–Crippen LogP) is 1.30. The van der Waals surface area contributed by atoms with Gasteiger partial charge in [0.25, 0.3) is 0 Å². The number of nitrogens with one attached hydrogen (secondary N) is 2. The second-order valence-electron chi connectivity index (χ2n) is 3.99. The van der Waals surface area contributed by atoms with Crippen LogP contribution < -0.4 is 5.32 Å². The van der Waals surface area contributed by atoms with Crippen molar-refractivity contribution >= 4 is 5.97 Å². The van der Waals surface area contributed by atoms with Crippen molar-refractivity contribution in [3.63, 3.8) is 0 Å². The van der Waals surface area contributed by atoms with Crippen LogP contribution >= 0.6 is 0 Å². The second kappa shape index (κ2) is 4.49. The Hall–Kier alpha value is -1.29. The molecular weight excluding hydrogens is 192 g/mol. The number of aromatic nitrogens is 1. The zero-order chi connectivity index (χ0) is 10.7. The molecule has 0 aromatic carbocycles. The zero-order valence-electron chi connectivity index (χ0n) is 8.88. The van der Waals surface area contributed by atoms with E-state index < -0.39 is 0 Å². The molecule has 0 radical (unpaired) electrons. The molecule has 15 heavy (non-hydrogen) atoms. The number of ether oxygens (including phenoxy) is 1. The van der Waals surface area contributed by atoms with E-state index in [0.717, 1.165) is 24.6 Å². The van der Waals surface area contributed by atoms with Crippen molar-refractivity contribution in [1.29, 1.82) is 0 Å². The van der Waals surface area contributed by atoms with Crippen molar-refractivity contribution in [2.75, 3.05) is 13.7 Å². The number of esters is 1. The summed E-state index contributed by atoms with van der Waals surface area (Å²) in [5.41, 5.74) is 1.61. The van der Waals surface area contributed by atoms with Gasteiger partial charge in [-0.2, -0.15) is 0 Å². The van der Waals surface area contributed by atoms with Crippen molar-refractivity contribution in [1.82, 2.24) is 10.3 Å². The van der Waals surface area contributed by atoms with Crippen molar-refractivity contribution in [3.05, 3.63) is 23.5 Å². The molecule has 82 valence electrons. The summed E-state index contributed by atoms with van der Waals surface area (Å²) in [7, 11) is 1.38. The molecule has 4 nitrogen and oxygen atoms in total. The number of hydrogen-bond donors (Lipinski definition) is 2. The van der Waals surface area contributed by atoms with E-state index in [-0.39, 0.29) is 5.97 Å². The summed E-state index contributed by atoms with van der Waals surface area (Å²) in [6.45, 7) is 1.89. The van der Waals surface area contributed by atoms with Gasteiger partial charge in [0.05, 0.1) is 7.11 Å². The summed E-state index contributed by atoms with van der Waals surface area (Å²) in [6.07, 6.45) is 4.55. The van der Waals surface area contributed by atoms with Gasteiger partial charge in [0.15, 0.2) is 0 Å². The third-order valence-electron chi connectivity index (χ3n) is 2.61. The van der Waals surface area contributed by atoms with E-state index in [0.29, 0.717) is 5.69 Å². The van der Waals surface area contributed by atoms with E-state index in [2.05, 4.69) is 15.0 Å². The molecule has 1 heterocycles. The third-order valence-corrected chi connectivity index (χ3v) is 2.61. The highest BCUT2D eigenvalue weighted by atomic mass is 16.5. The average Bonchev–Trinajstić information content (AvgIpc) is 2.94. The number of carbonyl (C=O) groups excluding carboxylic acids is 1. The van der Waals surface area contributed by atoms with Crippen LogP contribution in [-0.2, 0) is 11.3 Å². The van der Waals surface area contributed by atoms with E-state index in [1.165, 1.54) is 20.0 Å². The first-order valence-electron chi connectivity index (χ1n) is 5.26. The van der Waals surface area contributed by atoms with E-state index in [9.17, 15) is 4.79 Å². The maximum Gasteiger partial charge on any atom is 0.354 e. The van der Waals surface area contributed by atoms with Crippen LogP contribution in [0.25, 0.3) is 0 Å². The molecule has 1 saturated carbocycles. The van der Waals surface area contributed by atoms with Gasteiger partial charge in [-0.1, -0.05) is 0 Å². The van der Waals surface area contributed by atoms with Gasteiger partial charge >= 0.3 is 5.97 Å². The lowest BCUT2D eigenvalue weighted by molar-refractivity contribution is 0.0595. The highest BCUT2D eigenvalue weighted by Crippen LogP contribution is 2.27. The van der Waals surface area contributed by atoms with E-state index in [1.807, 2.05) is 12.3 Å². The largest absolute Gasteiger partial charge is 0.464 e. The lowest BCUT2D eigenvalue weighted by Gasteiger charge is -1.99. The van der Waals surface area contributed by atoms with Crippen LogP contribution in [0.5, 0.6) is 0 Å². The van der Waals surface area contributed by atoms with Gasteiger partial charge in [-0.25, -0.2) is 4.79 Å². The Morgan fingerprint density at radius 1 is 1.67 bits per heavy atom. The molecule has 0 amide bonds. The standard InChI is InChI=1S/C11H16N2O2/c1-15-11(14)10-4-9(7-13-10)6-12-5-8-2-3-8/h4,7-8,12-13H,2-3,5-6H2,1H3. The first-order valence-corrected chi connectivity index (χ1v) is 5.26. The monoisotopic (exact) mass is 208 g/mol. The first-order chi connectivity index (χ1) is 7.29. The molecule has 1 fully saturated rings. The second-order valence-corrected chi connectivity index (χ2v) is 3.99. The van der Waals surface area contributed by atoms with Crippen LogP contribution in [-0.4, -0.2) is 24.6 Å². The van der Waals surface area contributed by atoms with Gasteiger partial charge in [0, 0.05) is 12.7 Å². The van der Waals surface area contributed by atoms with Crippen LogP contribution in [0, 0.1) is 5.92 Å². The summed E-state index contributed by atoms with van der Waals surface area (Å²) in [6, 6.07) is 1.83. The lowest BCUT2D eigenvalue weighted by Crippen LogP contribution is -2.15. The van der Waals surface area contributed by atoms with E-state index in [4.69, 9.17) is 0 Å². The molecule has 0 aliphatic heterocycles. The van der Waals surface area contributed by atoms with Crippen LogP contribution in [0.2, 0.25) is 0 Å². The van der Waals surface area contributed by atoms with Crippen molar-refractivity contribution in [3.8, 4) is 0 Å². The number of aromatic amines is 1. The maximum atomic E-state index is 11.1. The number of carbonyl (C=O) groups is 1. The minimum Gasteiger partial charge on any atom is -0.464 e. The quantitative estimate of drug-likeness (QED) is 0.717. The van der Waals surface area contributed by atoms with Crippen LogP contribution in [0.15, 0.2) is 12.3 Å². The Balaban J connectivity index is 1.80. The van der Waals surface area contributed by atoms with Crippen molar-refractivity contribution in [2.24, 2.45) is 5.92 Å². The molecule has 1 aromatic heterocycles. The summed E-state index contributed by atoms with van der Waals surface area (Å²) in [4.78, 5) is 14.0. The topological polar surface area (TPSA) is 54.1 Å². The smallest absolute Gasteiger partial charge is 0.354 e. The Kier molecular flexibility index (Phi) is 3.06. The predicted molar refractivity (Wildman–Crippen MR) is 56.6 cm³/mol. The summed E-state index contributed by atoms with van der Waals surface area (Å²) in [5, 5.41) is 3.36. The number of hydrogen-bond acceptors (Lipinski definition) is 3. The van der Waals surface area contributed by atoms with E-state index in [1.54, 1.807) is 0 Å². The SMILES string of the molecule is COC(=O)c1cc(CNCC2CC2)c[nH]1. The molecule has 1 aliphatic rings. The minimum atomic E-state index is -0.316. The molecule has 4 heteroatoms. The highest BCUT2D eigenvalue weighted by Gasteiger charge is 2.20. The fraction of sp³-hybridized carbons (Fsp3) is 0.545. The Morgan fingerprint density at radius 2 is 2.47 bits per heavy atom. The lowest BCUT2D eigenvalue weighted by atomic mass is 10.3. The Bertz CT molecular complexity index is 342. The fourth-order valence-corrected chi connectivity index (χ4v) is 1.51. The fourth-order valence-electron chi connectivity index (χ4n) is 1.51. The van der Waals surface area contributed by atoms with Gasteiger partial charge in [-0.15, -0.1) is 0 Å². The molecule has 1 aliphatic carbocycles. The highest BCUT2D eigenvalue weighted by molar-refractivity contribution is 5.87. The molecule has 0 bridgehead atoms. The van der Waals surface area contributed by atoms with Crippen LogP contribution in [0.1, 0.15) is 28.9 Å². The van der Waals surface area contributed by atoms with Gasteiger partial charge in [-0.05, 0) is 36.9 Å². The molecule has 0 saturated heterocycles. The maximum absolute atomic E-state index is 11.1. The van der Waals surface area contributed by atoms with Gasteiger partial charge in [0.1, 0.15) is 5.69 Å². The third kappa shape index (κ3) is 2.83. The Labute approximate surface area is 89.0 Å². The summed E-state index contributed by atoms with van der Waals surface area (Å²) >= 11 is 0. The number of methoxy groups -OCH3 is 1. The van der Waals surface area contributed by atoms with E-state index >= 15 is 0 Å². The van der Waals surface area contributed by atoms with Crippen molar-refractivity contribution in [2.45, 2.75) is 19.4 Å². The van der Waals surface area contributed by atoms with Crippen molar-refractivity contribution < 1.29 is 9.53 Å². The van der Waals surface area contributed by atoms with Crippen LogP contribution in [0.3, 0.4) is 0 Å². The average molecular weight is 208 g/mol. The molecule has 0 atom stereocenters. The summed E-state index contributed by atoms with van der Waals surface area (Å²) in [5.74, 6) is 0.562. The van der Waals surface area contributed by atoms with Gasteiger partial charge in [0.2, 0.25) is 0 Å². The zero-order valence-corrected chi connectivity index (χ0v) is 8.88. The normalized spacial score (nSPS) is 15.3. The minimum absolute atomic E-state index is 0.316.